The average Bonchev–Trinajstić information content (AvgIpc) is 3.43. The molecule has 1 fully saturated rings. The maximum atomic E-state index is 13.6. The number of anilines is 1. The van der Waals surface area contributed by atoms with Crippen molar-refractivity contribution in [1.82, 2.24) is 24.4 Å². The van der Waals surface area contributed by atoms with Crippen LogP contribution in [0, 0.1) is 0 Å². The van der Waals surface area contributed by atoms with Crippen LogP contribution in [-0.2, 0) is 6.54 Å². The Kier molecular flexibility index (Phi) is 5.30. The number of alkyl halides is 2. The van der Waals surface area contributed by atoms with Gasteiger partial charge in [0.2, 0.25) is 0 Å². The van der Waals surface area contributed by atoms with Gasteiger partial charge in [0.25, 0.3) is 12.3 Å². The van der Waals surface area contributed by atoms with Crippen LogP contribution in [0.5, 0.6) is 0 Å². The minimum atomic E-state index is -2.75. The van der Waals surface area contributed by atoms with E-state index in [0.717, 1.165) is 22.9 Å². The minimum Gasteiger partial charge on any atom is -0.302 e. The van der Waals surface area contributed by atoms with Crippen molar-refractivity contribution in [2.24, 2.45) is 0 Å². The van der Waals surface area contributed by atoms with Crippen molar-refractivity contribution in [2.45, 2.75) is 31.7 Å². The molecule has 1 aromatic carbocycles. The second-order valence-electron chi connectivity index (χ2n) is 7.55. The third kappa shape index (κ3) is 4.05. The third-order valence-electron chi connectivity index (χ3n) is 5.17. The molecule has 0 bridgehead atoms. The smallest absolute Gasteiger partial charge is 0.280 e. The summed E-state index contributed by atoms with van der Waals surface area (Å²) in [5, 5.41) is 11.7. The van der Waals surface area contributed by atoms with Gasteiger partial charge in [-0.2, -0.15) is 10.2 Å². The van der Waals surface area contributed by atoms with E-state index in [2.05, 4.69) is 20.5 Å². The lowest BCUT2D eigenvalue weighted by atomic mass is 10.2. The van der Waals surface area contributed by atoms with E-state index < -0.39 is 12.3 Å². The van der Waals surface area contributed by atoms with Crippen LogP contribution in [0.15, 0.2) is 42.6 Å². The number of nitrogens with zero attached hydrogens (tertiary/aromatic N) is 5. The van der Waals surface area contributed by atoms with Gasteiger partial charge in [0, 0.05) is 28.9 Å². The fourth-order valence-corrected chi connectivity index (χ4v) is 3.80. The monoisotopic (exact) mass is 476 g/mol. The summed E-state index contributed by atoms with van der Waals surface area (Å²) in [6.45, 7) is 0.356. The molecule has 11 heteroatoms. The Morgan fingerprint density at radius 2 is 1.94 bits per heavy atom. The third-order valence-corrected chi connectivity index (χ3v) is 5.81. The number of nitrogens with one attached hydrogen (secondary N) is 1. The van der Waals surface area contributed by atoms with Gasteiger partial charge < -0.3 is 5.32 Å². The van der Waals surface area contributed by atoms with Crippen LogP contribution in [0.25, 0.3) is 5.65 Å². The fraction of sp³-hybridized carbons (Fsp3) is 0.238. The molecule has 0 radical (unpaired) electrons. The van der Waals surface area contributed by atoms with E-state index in [9.17, 15) is 13.6 Å². The number of rotatable bonds is 6. The van der Waals surface area contributed by atoms with Crippen LogP contribution in [0.3, 0.4) is 0 Å². The number of carbonyl (C=O) groups is 1. The van der Waals surface area contributed by atoms with Crippen molar-refractivity contribution in [1.29, 1.82) is 0 Å². The SMILES string of the molecule is O=C(Nc1nn(Cc2ccccc2Cl)cc1Cl)c1cc2nc(C3CC3)cc(C(F)F)n2n1. The molecule has 1 N–H and O–H groups in total. The highest BCUT2D eigenvalue weighted by atomic mass is 35.5. The molecule has 1 amide bonds. The first-order valence-electron chi connectivity index (χ1n) is 9.85. The Balaban J connectivity index is 1.40. The topological polar surface area (TPSA) is 77.1 Å². The molecular formula is C21H16Cl2F2N6O. The Morgan fingerprint density at radius 3 is 2.66 bits per heavy atom. The Hall–Kier alpha value is -3.04. The van der Waals surface area contributed by atoms with Crippen molar-refractivity contribution < 1.29 is 13.6 Å². The quantitative estimate of drug-likeness (QED) is 0.406. The van der Waals surface area contributed by atoms with E-state index in [1.807, 2.05) is 18.2 Å². The van der Waals surface area contributed by atoms with Gasteiger partial charge in [-0.1, -0.05) is 41.4 Å². The normalized spacial score (nSPS) is 13.8. The van der Waals surface area contributed by atoms with Crippen molar-refractivity contribution in [3.05, 3.63) is 75.3 Å². The molecule has 5 rings (SSSR count). The van der Waals surface area contributed by atoms with Crippen molar-refractivity contribution in [2.75, 3.05) is 5.32 Å². The first-order valence-corrected chi connectivity index (χ1v) is 10.6. The molecule has 1 aliphatic carbocycles. The van der Waals surface area contributed by atoms with Gasteiger partial charge >= 0.3 is 0 Å². The van der Waals surface area contributed by atoms with Crippen molar-refractivity contribution in [3.8, 4) is 0 Å². The summed E-state index contributed by atoms with van der Waals surface area (Å²) in [5.41, 5.74) is 1.27. The van der Waals surface area contributed by atoms with Gasteiger partial charge in [-0.3, -0.25) is 9.48 Å². The number of hydrogen-bond acceptors (Lipinski definition) is 4. The summed E-state index contributed by atoms with van der Waals surface area (Å²) in [5.74, 6) is -0.319. The summed E-state index contributed by atoms with van der Waals surface area (Å²) in [6.07, 6.45) is 0.650. The lowest BCUT2D eigenvalue weighted by molar-refractivity contribution is 0.102. The molecule has 0 spiro atoms. The fourth-order valence-electron chi connectivity index (χ4n) is 3.41. The van der Waals surface area contributed by atoms with Gasteiger partial charge in [-0.05, 0) is 30.5 Å². The van der Waals surface area contributed by atoms with Gasteiger partial charge in [0.1, 0.15) is 10.7 Å². The largest absolute Gasteiger partial charge is 0.302 e. The highest BCUT2D eigenvalue weighted by Crippen LogP contribution is 2.40. The van der Waals surface area contributed by atoms with Crippen LogP contribution < -0.4 is 5.32 Å². The zero-order chi connectivity index (χ0) is 22.4. The first kappa shape index (κ1) is 20.8. The number of benzene rings is 1. The van der Waals surface area contributed by atoms with Crippen LogP contribution >= 0.6 is 23.2 Å². The lowest BCUT2D eigenvalue weighted by Crippen LogP contribution is -2.14. The molecular weight excluding hydrogens is 461 g/mol. The number of amides is 1. The number of fused-ring (bicyclic) bond motifs is 1. The predicted molar refractivity (Wildman–Crippen MR) is 116 cm³/mol. The van der Waals surface area contributed by atoms with Crippen molar-refractivity contribution in [3.63, 3.8) is 0 Å². The molecule has 4 aromatic rings. The van der Waals surface area contributed by atoms with Gasteiger partial charge in [-0.25, -0.2) is 18.3 Å². The van der Waals surface area contributed by atoms with E-state index in [1.54, 1.807) is 16.9 Å². The zero-order valence-corrected chi connectivity index (χ0v) is 18.0. The Bertz CT molecular complexity index is 1330. The summed E-state index contributed by atoms with van der Waals surface area (Å²) >= 11 is 12.4. The number of halogens is 4. The highest BCUT2D eigenvalue weighted by molar-refractivity contribution is 6.33. The average molecular weight is 477 g/mol. The molecule has 164 valence electrons. The Labute approximate surface area is 191 Å². The lowest BCUT2D eigenvalue weighted by Gasteiger charge is -2.06. The first-order chi connectivity index (χ1) is 15.4. The van der Waals surface area contributed by atoms with E-state index in [1.165, 1.54) is 12.1 Å². The van der Waals surface area contributed by atoms with E-state index in [4.69, 9.17) is 23.2 Å². The molecule has 1 saturated carbocycles. The van der Waals surface area contributed by atoms with Crippen LogP contribution in [-0.4, -0.2) is 30.3 Å². The van der Waals surface area contributed by atoms with E-state index in [-0.39, 0.29) is 33.8 Å². The van der Waals surface area contributed by atoms with E-state index >= 15 is 0 Å². The zero-order valence-electron chi connectivity index (χ0n) is 16.5. The maximum absolute atomic E-state index is 13.6. The molecule has 3 aromatic heterocycles. The number of aromatic nitrogens is 5. The van der Waals surface area contributed by atoms with Crippen LogP contribution in [0.2, 0.25) is 10.0 Å². The molecule has 0 atom stereocenters. The summed E-state index contributed by atoms with van der Waals surface area (Å²) in [6, 6.07) is 10.0. The standard InChI is InChI=1S/C21H16Cl2F2N6O/c22-13-4-2-1-3-12(13)9-30-10-14(23)20(29-30)27-21(32)16-8-18-26-15(11-5-6-11)7-17(19(24)25)31(18)28-16/h1-4,7-8,10-11,19H,5-6,9H2,(H,27,29,32). The minimum absolute atomic E-state index is 0.0657. The molecule has 7 nitrogen and oxygen atoms in total. The summed E-state index contributed by atoms with van der Waals surface area (Å²) in [7, 11) is 0. The number of hydrogen-bond donors (Lipinski definition) is 1. The van der Waals surface area contributed by atoms with Gasteiger partial charge in [0.15, 0.2) is 17.2 Å². The summed E-state index contributed by atoms with van der Waals surface area (Å²) in [4.78, 5) is 17.1. The molecule has 0 saturated heterocycles. The molecule has 0 aliphatic heterocycles. The molecule has 32 heavy (non-hydrogen) atoms. The molecule has 0 unspecified atom stereocenters. The number of carbonyl (C=O) groups excluding carboxylic acids is 1. The van der Waals surface area contributed by atoms with E-state index in [0.29, 0.717) is 17.3 Å². The van der Waals surface area contributed by atoms with Crippen LogP contribution in [0.1, 0.15) is 52.6 Å². The van der Waals surface area contributed by atoms with Gasteiger partial charge in [0.05, 0.1) is 6.54 Å². The van der Waals surface area contributed by atoms with Crippen LogP contribution in [0.4, 0.5) is 14.6 Å². The maximum Gasteiger partial charge on any atom is 0.280 e. The highest BCUT2D eigenvalue weighted by Gasteiger charge is 2.28. The second kappa shape index (κ2) is 8.14. The molecule has 3 heterocycles. The second-order valence-corrected chi connectivity index (χ2v) is 8.36. The summed E-state index contributed by atoms with van der Waals surface area (Å²) < 4.78 is 29.7. The molecule has 1 aliphatic rings. The predicted octanol–water partition coefficient (Wildman–Crippen LogP) is 5.35. The van der Waals surface area contributed by atoms with Crippen molar-refractivity contribution >= 4 is 40.6 Å². The Morgan fingerprint density at radius 1 is 1.16 bits per heavy atom. The van der Waals surface area contributed by atoms with Gasteiger partial charge in [-0.15, -0.1) is 0 Å².